The van der Waals surface area contributed by atoms with Crippen molar-refractivity contribution in [2.75, 3.05) is 5.32 Å². The van der Waals surface area contributed by atoms with Crippen LogP contribution in [0.2, 0.25) is 0 Å². The molecular weight excluding hydrogens is 332 g/mol. The number of nitrogens with one attached hydrogen (secondary N) is 1. The molecular formula is C20H18N2O4. The molecule has 1 aliphatic heterocycles. The second kappa shape index (κ2) is 5.98. The lowest BCUT2D eigenvalue weighted by atomic mass is 9.74. The summed E-state index contributed by atoms with van der Waals surface area (Å²) in [5.41, 5.74) is 3.52. The van der Waals surface area contributed by atoms with E-state index in [1.54, 1.807) is 30.3 Å². The topological polar surface area (TPSA) is 92.5 Å². The first-order valence-corrected chi connectivity index (χ1v) is 8.52. The Kier molecular flexibility index (Phi) is 3.76. The third-order valence-corrected chi connectivity index (χ3v) is 5.43. The van der Waals surface area contributed by atoms with Gasteiger partial charge < -0.3 is 10.4 Å². The monoisotopic (exact) mass is 350 g/mol. The number of rotatable bonds is 3. The summed E-state index contributed by atoms with van der Waals surface area (Å²) in [6, 6.07) is 9.95. The van der Waals surface area contributed by atoms with E-state index in [1.165, 1.54) is 6.07 Å². The van der Waals surface area contributed by atoms with Crippen molar-refractivity contribution in [1.82, 2.24) is 0 Å². The standard InChI is InChI=1S/C20H18N2O4/c1-11-9-10-15(20(23)24)17-12-6-4-7-13(12)19(21-18(11)17)14-5-2-3-8-16(14)22(25)26/h2-6,8-10,12-13,19,21H,7H2,1H3,(H,23,24)/t12-,13-,19-/m0/s1. The van der Waals surface area contributed by atoms with Crippen molar-refractivity contribution in [3.63, 3.8) is 0 Å². The number of carboxylic acids is 1. The average molecular weight is 350 g/mol. The van der Waals surface area contributed by atoms with Crippen LogP contribution in [0.3, 0.4) is 0 Å². The van der Waals surface area contributed by atoms with Gasteiger partial charge in [0.15, 0.2) is 0 Å². The predicted molar refractivity (Wildman–Crippen MR) is 97.6 cm³/mol. The minimum Gasteiger partial charge on any atom is -0.478 e. The molecule has 2 N–H and O–H groups in total. The second-order valence-corrected chi connectivity index (χ2v) is 6.82. The number of carbonyl (C=O) groups is 1. The second-order valence-electron chi connectivity index (χ2n) is 6.82. The van der Waals surface area contributed by atoms with Crippen LogP contribution in [-0.2, 0) is 0 Å². The van der Waals surface area contributed by atoms with Crippen LogP contribution >= 0.6 is 0 Å². The Bertz CT molecular complexity index is 951. The van der Waals surface area contributed by atoms with Gasteiger partial charge in [0.05, 0.1) is 22.1 Å². The van der Waals surface area contributed by atoms with E-state index in [0.717, 1.165) is 23.2 Å². The number of aryl methyl sites for hydroxylation is 1. The molecule has 0 amide bonds. The zero-order valence-corrected chi connectivity index (χ0v) is 14.2. The molecule has 2 aromatic rings. The van der Waals surface area contributed by atoms with Gasteiger partial charge in [0.2, 0.25) is 0 Å². The highest BCUT2D eigenvalue weighted by Crippen LogP contribution is 2.52. The van der Waals surface area contributed by atoms with Gasteiger partial charge in [-0.25, -0.2) is 4.79 Å². The smallest absolute Gasteiger partial charge is 0.336 e. The quantitative estimate of drug-likeness (QED) is 0.485. The van der Waals surface area contributed by atoms with Gasteiger partial charge in [-0.2, -0.15) is 0 Å². The molecule has 26 heavy (non-hydrogen) atoms. The van der Waals surface area contributed by atoms with Crippen molar-refractivity contribution in [1.29, 1.82) is 0 Å². The zero-order valence-electron chi connectivity index (χ0n) is 14.2. The number of para-hydroxylation sites is 1. The molecule has 3 atom stereocenters. The number of hydrogen-bond acceptors (Lipinski definition) is 4. The SMILES string of the molecule is Cc1ccc(C(=O)O)c2c1N[C@H](c1ccccc1[N+](=O)[O-])[C@H]1CC=C[C@H]21. The van der Waals surface area contributed by atoms with Gasteiger partial charge in [0.1, 0.15) is 0 Å². The summed E-state index contributed by atoms with van der Waals surface area (Å²) in [6.07, 6.45) is 4.83. The number of nitrogens with zero attached hydrogens (tertiary/aromatic N) is 1. The Morgan fingerprint density at radius 1 is 1.27 bits per heavy atom. The van der Waals surface area contributed by atoms with Gasteiger partial charge in [-0.1, -0.05) is 36.4 Å². The molecule has 1 aliphatic carbocycles. The van der Waals surface area contributed by atoms with Crippen molar-refractivity contribution in [2.24, 2.45) is 5.92 Å². The number of aromatic carboxylic acids is 1. The fourth-order valence-electron chi connectivity index (χ4n) is 4.27. The van der Waals surface area contributed by atoms with E-state index in [0.29, 0.717) is 11.1 Å². The first-order valence-electron chi connectivity index (χ1n) is 8.52. The van der Waals surface area contributed by atoms with E-state index >= 15 is 0 Å². The summed E-state index contributed by atoms with van der Waals surface area (Å²) in [6.45, 7) is 1.92. The Hall–Kier alpha value is -3.15. The first kappa shape index (κ1) is 16.3. The summed E-state index contributed by atoms with van der Waals surface area (Å²) >= 11 is 0. The lowest BCUT2D eigenvalue weighted by Gasteiger charge is -2.38. The van der Waals surface area contributed by atoms with E-state index in [9.17, 15) is 20.0 Å². The number of carboxylic acid groups (broad SMARTS) is 1. The maximum absolute atomic E-state index is 11.7. The van der Waals surface area contributed by atoms with Crippen LogP contribution in [0.15, 0.2) is 48.6 Å². The van der Waals surface area contributed by atoms with E-state index in [4.69, 9.17) is 0 Å². The number of nitro groups is 1. The fraction of sp³-hybridized carbons (Fsp3) is 0.250. The van der Waals surface area contributed by atoms with Crippen molar-refractivity contribution in [2.45, 2.75) is 25.3 Å². The van der Waals surface area contributed by atoms with Gasteiger partial charge in [0, 0.05) is 17.7 Å². The Balaban J connectivity index is 1.90. The van der Waals surface area contributed by atoms with Crippen LogP contribution in [0, 0.1) is 23.0 Å². The molecule has 0 radical (unpaired) electrons. The van der Waals surface area contributed by atoms with Gasteiger partial charge in [-0.15, -0.1) is 0 Å². The Morgan fingerprint density at radius 3 is 2.77 bits per heavy atom. The van der Waals surface area contributed by atoms with Gasteiger partial charge >= 0.3 is 5.97 Å². The molecule has 0 saturated carbocycles. The Morgan fingerprint density at radius 2 is 2.04 bits per heavy atom. The predicted octanol–water partition coefficient (Wildman–Crippen LogP) is 4.43. The highest BCUT2D eigenvalue weighted by molar-refractivity contribution is 5.93. The van der Waals surface area contributed by atoms with Crippen molar-refractivity contribution >= 4 is 17.3 Å². The van der Waals surface area contributed by atoms with Gasteiger partial charge in [-0.3, -0.25) is 10.1 Å². The molecule has 0 saturated heterocycles. The number of nitro benzene ring substituents is 1. The summed E-state index contributed by atoms with van der Waals surface area (Å²) in [5.74, 6) is -0.975. The molecule has 0 bridgehead atoms. The molecule has 0 aromatic heterocycles. The molecule has 6 nitrogen and oxygen atoms in total. The molecule has 0 unspecified atom stereocenters. The number of hydrogen-bond donors (Lipinski definition) is 2. The minimum atomic E-state index is -0.953. The molecule has 2 aromatic carbocycles. The summed E-state index contributed by atoms with van der Waals surface area (Å²) in [7, 11) is 0. The van der Waals surface area contributed by atoms with Crippen molar-refractivity contribution in [3.8, 4) is 0 Å². The number of fused-ring (bicyclic) bond motifs is 3. The highest BCUT2D eigenvalue weighted by atomic mass is 16.6. The highest BCUT2D eigenvalue weighted by Gasteiger charge is 2.42. The van der Waals surface area contributed by atoms with E-state index < -0.39 is 5.97 Å². The first-order chi connectivity index (χ1) is 12.5. The summed E-state index contributed by atoms with van der Waals surface area (Å²) in [4.78, 5) is 22.9. The third kappa shape index (κ3) is 2.37. The molecule has 0 fully saturated rings. The van der Waals surface area contributed by atoms with Crippen LogP contribution in [0.5, 0.6) is 0 Å². The lowest BCUT2D eigenvalue weighted by Crippen LogP contribution is -2.31. The average Bonchev–Trinajstić information content (AvgIpc) is 3.11. The summed E-state index contributed by atoms with van der Waals surface area (Å²) < 4.78 is 0. The normalized spacial score (nSPS) is 23.0. The van der Waals surface area contributed by atoms with Crippen LogP contribution in [0.4, 0.5) is 11.4 Å². The number of benzene rings is 2. The van der Waals surface area contributed by atoms with Crippen molar-refractivity contribution < 1.29 is 14.8 Å². The third-order valence-electron chi connectivity index (χ3n) is 5.43. The number of anilines is 1. The van der Waals surface area contributed by atoms with E-state index in [1.807, 2.05) is 19.1 Å². The summed E-state index contributed by atoms with van der Waals surface area (Å²) in [5, 5.41) is 24.5. The van der Waals surface area contributed by atoms with Crippen LogP contribution in [0.1, 0.15) is 45.4 Å². The maximum Gasteiger partial charge on any atom is 0.336 e. The van der Waals surface area contributed by atoms with Crippen molar-refractivity contribution in [3.05, 3.63) is 80.9 Å². The zero-order chi connectivity index (χ0) is 18.4. The molecule has 6 heteroatoms. The molecule has 4 rings (SSSR count). The number of allylic oxidation sites excluding steroid dienone is 2. The van der Waals surface area contributed by atoms with E-state index in [-0.39, 0.29) is 28.5 Å². The molecule has 2 aliphatic rings. The fourth-order valence-corrected chi connectivity index (χ4v) is 4.27. The molecule has 0 spiro atoms. The van der Waals surface area contributed by atoms with Crippen LogP contribution in [-0.4, -0.2) is 16.0 Å². The van der Waals surface area contributed by atoms with E-state index in [2.05, 4.69) is 5.32 Å². The maximum atomic E-state index is 11.7. The van der Waals surface area contributed by atoms with Crippen LogP contribution in [0.25, 0.3) is 0 Å². The largest absolute Gasteiger partial charge is 0.478 e. The Labute approximate surface area is 150 Å². The molecule has 132 valence electrons. The van der Waals surface area contributed by atoms with Gasteiger partial charge in [-0.05, 0) is 36.5 Å². The lowest BCUT2D eigenvalue weighted by molar-refractivity contribution is -0.385. The van der Waals surface area contributed by atoms with Crippen LogP contribution < -0.4 is 5.32 Å². The van der Waals surface area contributed by atoms with Gasteiger partial charge in [0.25, 0.3) is 5.69 Å². The minimum absolute atomic E-state index is 0.0449. The molecule has 1 heterocycles.